The minimum absolute atomic E-state index is 0.201. The summed E-state index contributed by atoms with van der Waals surface area (Å²) in [4.78, 5) is 37.9. The lowest BCUT2D eigenvalue weighted by atomic mass is 9.98. The number of aromatic nitrogens is 3. The first-order valence-corrected chi connectivity index (χ1v) is 18.6. The predicted molar refractivity (Wildman–Crippen MR) is 203 cm³/mol. The molecule has 0 fully saturated rings. The summed E-state index contributed by atoms with van der Waals surface area (Å²) in [5.74, 6) is -5.69. The number of nitrogens with one attached hydrogen (secondary N) is 2. The van der Waals surface area contributed by atoms with E-state index >= 15 is 8.78 Å². The summed E-state index contributed by atoms with van der Waals surface area (Å²) >= 11 is 0. The van der Waals surface area contributed by atoms with Crippen LogP contribution in [0.1, 0.15) is 28.5 Å². The molecule has 1 atom stereocenters. The van der Waals surface area contributed by atoms with Crippen LogP contribution in [0, 0.1) is 17.6 Å². The Morgan fingerprint density at radius 2 is 1.54 bits per heavy atom. The molecule has 0 aliphatic carbocycles. The molecule has 0 bridgehead atoms. The van der Waals surface area contributed by atoms with Crippen LogP contribution in [0.5, 0.6) is 11.5 Å². The molecule has 57 heavy (non-hydrogen) atoms. The number of hydrogen-bond donors (Lipinski definition) is 3. The summed E-state index contributed by atoms with van der Waals surface area (Å²) in [6.45, 7) is 2.69. The van der Waals surface area contributed by atoms with Crippen LogP contribution < -0.4 is 19.5 Å². The average molecular weight is 802 g/mol. The number of sulfonamides is 1. The molecule has 3 aromatic carbocycles. The smallest absolute Gasteiger partial charge is 0.326 e. The average Bonchev–Trinajstić information content (AvgIpc) is 3.19. The fourth-order valence-electron chi connectivity index (χ4n) is 6.10. The lowest BCUT2D eigenvalue weighted by Crippen LogP contribution is -2.43. The SMILES string of the molecule is CCOCc1cc(OC)c(-c2cnc(CC(NC(=O)c3c(F)cc(NS(=O)(=O)c4ccc(-c5ccnc(F)c5)cc4)cc3F)C(=O)O)c3cccnc23)c(OC)c1. The van der Waals surface area contributed by atoms with Gasteiger partial charge in [-0.05, 0) is 78.2 Å². The number of pyridine rings is 3. The number of carboxylic acid groups (broad SMARTS) is 1. The molecule has 3 N–H and O–H groups in total. The third-order valence-corrected chi connectivity index (χ3v) is 10.2. The van der Waals surface area contributed by atoms with Crippen LogP contribution in [-0.4, -0.2) is 67.2 Å². The Bertz CT molecular complexity index is 2550. The maximum atomic E-state index is 15.3. The van der Waals surface area contributed by atoms with Gasteiger partial charge >= 0.3 is 5.97 Å². The number of carbonyl (C=O) groups is 2. The van der Waals surface area contributed by atoms with Gasteiger partial charge in [-0.25, -0.2) is 27.0 Å². The standard InChI is InChI=1S/C40H34F3N5O8S/c1-4-56-21-22-14-33(54-2)36(34(15-22)55-3)28-20-46-31(27-6-5-12-45-38(27)28)19-32(40(50)51)47-39(49)37-29(41)17-25(18-30(37)42)48-57(52,53)26-9-7-23(8-10-26)24-11-13-44-35(43)16-24/h5-18,20,32,48H,4,19,21H2,1-3H3,(H,47,49)(H,50,51). The highest BCUT2D eigenvalue weighted by molar-refractivity contribution is 7.92. The minimum Gasteiger partial charge on any atom is -0.496 e. The second kappa shape index (κ2) is 17.1. The molecule has 13 nitrogen and oxygen atoms in total. The van der Waals surface area contributed by atoms with Gasteiger partial charge in [-0.3, -0.25) is 19.5 Å². The molecule has 0 radical (unpaired) electrons. The Morgan fingerprint density at radius 3 is 2.16 bits per heavy atom. The Labute approximate surface area is 324 Å². The van der Waals surface area contributed by atoms with Crippen molar-refractivity contribution in [2.24, 2.45) is 0 Å². The summed E-state index contributed by atoms with van der Waals surface area (Å²) in [5, 5.41) is 12.7. The highest BCUT2D eigenvalue weighted by Gasteiger charge is 2.28. The van der Waals surface area contributed by atoms with E-state index in [1.54, 1.807) is 24.3 Å². The van der Waals surface area contributed by atoms with Crippen molar-refractivity contribution in [1.29, 1.82) is 0 Å². The van der Waals surface area contributed by atoms with Gasteiger partial charge < -0.3 is 24.6 Å². The van der Waals surface area contributed by atoms with Crippen LogP contribution in [0.15, 0.2) is 96.3 Å². The number of benzene rings is 3. The molecule has 6 aromatic rings. The van der Waals surface area contributed by atoms with Crippen LogP contribution >= 0.6 is 0 Å². The molecule has 0 spiro atoms. The number of amides is 1. The molecule has 1 unspecified atom stereocenters. The van der Waals surface area contributed by atoms with Gasteiger partial charge in [-0.2, -0.15) is 4.39 Å². The summed E-state index contributed by atoms with van der Waals surface area (Å²) in [6, 6.07) is 14.3. The van der Waals surface area contributed by atoms with Crippen LogP contribution in [0.4, 0.5) is 18.9 Å². The number of nitrogens with zero attached hydrogens (tertiary/aromatic N) is 3. The maximum Gasteiger partial charge on any atom is 0.326 e. The van der Waals surface area contributed by atoms with Gasteiger partial charge in [0.1, 0.15) is 34.7 Å². The lowest BCUT2D eigenvalue weighted by molar-refractivity contribution is -0.139. The number of carboxylic acids is 1. The first-order valence-electron chi connectivity index (χ1n) is 17.2. The molecule has 0 saturated heterocycles. The highest BCUT2D eigenvalue weighted by Crippen LogP contribution is 2.42. The van der Waals surface area contributed by atoms with Gasteiger partial charge in [0.2, 0.25) is 5.95 Å². The molecular formula is C40H34F3N5O8S. The van der Waals surface area contributed by atoms with E-state index in [9.17, 15) is 27.5 Å². The Hall–Kier alpha value is -6.59. The first kappa shape index (κ1) is 40.1. The monoisotopic (exact) mass is 801 g/mol. The quantitative estimate of drug-likeness (QED) is 0.0959. The number of methoxy groups -OCH3 is 2. The molecule has 3 heterocycles. The zero-order valence-corrected chi connectivity index (χ0v) is 31.4. The number of fused-ring (bicyclic) bond motifs is 1. The van der Waals surface area contributed by atoms with Crippen molar-refractivity contribution in [2.45, 2.75) is 30.9 Å². The van der Waals surface area contributed by atoms with E-state index in [-0.39, 0.29) is 10.6 Å². The Kier molecular flexibility index (Phi) is 12.0. The summed E-state index contributed by atoms with van der Waals surface area (Å²) < 4.78 is 89.3. The lowest BCUT2D eigenvalue weighted by Gasteiger charge is -2.19. The third-order valence-electron chi connectivity index (χ3n) is 8.78. The number of anilines is 1. The zero-order valence-electron chi connectivity index (χ0n) is 30.5. The Morgan fingerprint density at radius 1 is 0.860 bits per heavy atom. The number of halogens is 3. The first-order chi connectivity index (χ1) is 27.3. The normalized spacial score (nSPS) is 11.9. The van der Waals surface area contributed by atoms with Crippen LogP contribution in [0.3, 0.4) is 0 Å². The van der Waals surface area contributed by atoms with Gasteiger partial charge in [0.05, 0.1) is 48.2 Å². The van der Waals surface area contributed by atoms with E-state index in [0.717, 1.165) is 5.56 Å². The van der Waals surface area contributed by atoms with Crippen molar-refractivity contribution in [1.82, 2.24) is 20.3 Å². The predicted octanol–water partition coefficient (Wildman–Crippen LogP) is 6.56. The molecule has 0 saturated carbocycles. The Balaban J connectivity index is 1.23. The van der Waals surface area contributed by atoms with Gasteiger partial charge in [0.15, 0.2) is 0 Å². The van der Waals surface area contributed by atoms with Crippen molar-refractivity contribution in [3.05, 3.63) is 126 Å². The van der Waals surface area contributed by atoms with E-state index in [2.05, 4.69) is 25.0 Å². The van der Waals surface area contributed by atoms with Gasteiger partial charge in [-0.15, -0.1) is 0 Å². The number of rotatable bonds is 15. The molecule has 3 aromatic heterocycles. The van der Waals surface area contributed by atoms with Crippen LogP contribution in [0.2, 0.25) is 0 Å². The fraction of sp³-hybridized carbons (Fsp3) is 0.175. The largest absolute Gasteiger partial charge is 0.496 e. The topological polar surface area (TPSA) is 179 Å². The molecule has 17 heteroatoms. The summed E-state index contributed by atoms with van der Waals surface area (Å²) in [7, 11) is -1.40. The molecule has 0 aliphatic rings. The highest BCUT2D eigenvalue weighted by atomic mass is 32.2. The van der Waals surface area contributed by atoms with E-state index in [1.807, 2.05) is 6.92 Å². The van der Waals surface area contributed by atoms with Crippen molar-refractivity contribution >= 4 is 38.5 Å². The molecule has 294 valence electrons. The number of carbonyl (C=O) groups excluding carboxylic acids is 1. The fourth-order valence-corrected chi connectivity index (χ4v) is 7.14. The maximum absolute atomic E-state index is 15.3. The number of hydrogen-bond acceptors (Lipinski definition) is 10. The van der Waals surface area contributed by atoms with E-state index in [1.165, 1.54) is 69.2 Å². The van der Waals surface area contributed by atoms with Crippen LogP contribution in [-0.2, 0) is 32.6 Å². The molecular weight excluding hydrogens is 768 g/mol. The van der Waals surface area contributed by atoms with E-state index < -0.39 is 63.2 Å². The van der Waals surface area contributed by atoms with Crippen molar-refractivity contribution in [3.63, 3.8) is 0 Å². The minimum atomic E-state index is -4.38. The molecule has 1 amide bonds. The summed E-state index contributed by atoms with van der Waals surface area (Å²) in [5.41, 5.74) is 1.68. The van der Waals surface area contributed by atoms with Crippen molar-refractivity contribution in [3.8, 4) is 33.8 Å². The molecule has 6 rings (SSSR count). The van der Waals surface area contributed by atoms with E-state index in [4.69, 9.17) is 14.2 Å². The van der Waals surface area contributed by atoms with Crippen LogP contribution in [0.25, 0.3) is 33.2 Å². The van der Waals surface area contributed by atoms with Gasteiger partial charge in [-0.1, -0.05) is 12.1 Å². The van der Waals surface area contributed by atoms with Gasteiger partial charge in [0, 0.05) is 48.6 Å². The third kappa shape index (κ3) is 8.79. The molecule has 0 aliphatic heterocycles. The van der Waals surface area contributed by atoms with E-state index in [0.29, 0.717) is 70.0 Å². The summed E-state index contributed by atoms with van der Waals surface area (Å²) in [6.07, 6.45) is 3.83. The van der Waals surface area contributed by atoms with Crippen molar-refractivity contribution < 1.29 is 50.5 Å². The number of aliphatic carboxylic acids is 1. The van der Waals surface area contributed by atoms with Crippen molar-refractivity contribution in [2.75, 3.05) is 25.5 Å². The number of ether oxygens (including phenoxy) is 3. The second-order valence-corrected chi connectivity index (χ2v) is 14.1. The second-order valence-electron chi connectivity index (χ2n) is 12.4. The van der Waals surface area contributed by atoms with Gasteiger partial charge in [0.25, 0.3) is 15.9 Å². The zero-order chi connectivity index (χ0) is 40.9.